The molecule has 1 heterocycles. The number of aliphatic carboxylic acids is 1. The molecule has 1 amide bonds. The van der Waals surface area contributed by atoms with Crippen molar-refractivity contribution in [3.8, 4) is 0 Å². The molecule has 0 unspecified atom stereocenters. The summed E-state index contributed by atoms with van der Waals surface area (Å²) in [5.74, 6) is -1.41. The first kappa shape index (κ1) is 16.2. The molecule has 2 N–H and O–H groups in total. The number of hydrogen-bond acceptors (Lipinski definition) is 4. The van der Waals surface area contributed by atoms with Crippen LogP contribution in [0.4, 0.5) is 0 Å². The first-order valence-electron chi connectivity index (χ1n) is 8.02. The van der Waals surface area contributed by atoms with Crippen LogP contribution in [0.2, 0.25) is 0 Å². The highest BCUT2D eigenvalue weighted by Crippen LogP contribution is 2.31. The van der Waals surface area contributed by atoms with Gasteiger partial charge in [-0.15, -0.1) is 0 Å². The number of hydrogen-bond donors (Lipinski definition) is 2. The topological polar surface area (TPSA) is 97.1 Å². The quantitative estimate of drug-likeness (QED) is 0.836. The van der Waals surface area contributed by atoms with Crippen molar-refractivity contribution < 1.29 is 14.7 Å². The zero-order chi connectivity index (χ0) is 16.9. The van der Waals surface area contributed by atoms with Crippen molar-refractivity contribution >= 4 is 11.9 Å². The molecule has 0 radical (unpaired) electrons. The molecule has 2 atom stereocenters. The third-order valence-corrected chi connectivity index (χ3v) is 4.45. The second-order valence-electron chi connectivity index (χ2n) is 6.17. The minimum atomic E-state index is -0.798. The van der Waals surface area contributed by atoms with E-state index in [1.807, 2.05) is 24.3 Å². The fraction of sp³-hybridized carbons (Fsp3) is 0.412. The standard InChI is InChI=1S/C17H20N4O3/c22-16(14-5-6-15(7-14)17(23)24)19-8-12-1-3-13(4-2-12)9-21-11-18-10-20-21/h1-4,10-11,14-15H,5-9H2,(H,19,22)(H,23,24)/t14-,15+/m0/s1. The van der Waals surface area contributed by atoms with E-state index in [1.165, 1.54) is 6.33 Å². The minimum Gasteiger partial charge on any atom is -0.481 e. The van der Waals surface area contributed by atoms with Gasteiger partial charge in [0.15, 0.2) is 0 Å². The van der Waals surface area contributed by atoms with Crippen molar-refractivity contribution in [3.05, 3.63) is 48.0 Å². The highest BCUT2D eigenvalue weighted by atomic mass is 16.4. The van der Waals surface area contributed by atoms with Crippen molar-refractivity contribution in [2.24, 2.45) is 11.8 Å². The van der Waals surface area contributed by atoms with Crippen LogP contribution in [-0.4, -0.2) is 31.7 Å². The van der Waals surface area contributed by atoms with Crippen LogP contribution in [-0.2, 0) is 22.7 Å². The highest BCUT2D eigenvalue weighted by molar-refractivity contribution is 5.80. The fourth-order valence-corrected chi connectivity index (χ4v) is 3.04. The molecule has 24 heavy (non-hydrogen) atoms. The van der Waals surface area contributed by atoms with Gasteiger partial charge < -0.3 is 10.4 Å². The average Bonchev–Trinajstić information content (AvgIpc) is 3.25. The Balaban J connectivity index is 1.48. The number of rotatable bonds is 6. The second kappa shape index (κ2) is 7.25. The van der Waals surface area contributed by atoms with E-state index in [2.05, 4.69) is 15.4 Å². The lowest BCUT2D eigenvalue weighted by molar-refractivity contribution is -0.141. The number of carboxylic acids is 1. The van der Waals surface area contributed by atoms with E-state index >= 15 is 0 Å². The molecule has 7 heteroatoms. The van der Waals surface area contributed by atoms with Gasteiger partial charge in [-0.1, -0.05) is 24.3 Å². The predicted molar refractivity (Wildman–Crippen MR) is 85.9 cm³/mol. The van der Waals surface area contributed by atoms with Crippen LogP contribution >= 0.6 is 0 Å². The van der Waals surface area contributed by atoms with Gasteiger partial charge in [0.1, 0.15) is 12.7 Å². The maximum absolute atomic E-state index is 12.1. The van der Waals surface area contributed by atoms with Crippen LogP contribution < -0.4 is 5.32 Å². The third-order valence-electron chi connectivity index (χ3n) is 4.45. The van der Waals surface area contributed by atoms with Gasteiger partial charge >= 0.3 is 5.97 Å². The van der Waals surface area contributed by atoms with Crippen LogP contribution in [0, 0.1) is 11.8 Å². The van der Waals surface area contributed by atoms with E-state index in [9.17, 15) is 9.59 Å². The van der Waals surface area contributed by atoms with Crippen LogP contribution in [0.5, 0.6) is 0 Å². The van der Waals surface area contributed by atoms with E-state index in [0.29, 0.717) is 32.4 Å². The zero-order valence-corrected chi connectivity index (χ0v) is 13.3. The maximum Gasteiger partial charge on any atom is 0.306 e. The lowest BCUT2D eigenvalue weighted by atomic mass is 10.0. The van der Waals surface area contributed by atoms with E-state index < -0.39 is 5.97 Å². The Morgan fingerprint density at radius 3 is 2.50 bits per heavy atom. The molecule has 0 saturated heterocycles. The molecular formula is C17H20N4O3. The Morgan fingerprint density at radius 2 is 1.88 bits per heavy atom. The number of carboxylic acid groups (broad SMARTS) is 1. The molecule has 1 saturated carbocycles. The smallest absolute Gasteiger partial charge is 0.306 e. The lowest BCUT2D eigenvalue weighted by Gasteiger charge is -2.11. The summed E-state index contributed by atoms with van der Waals surface area (Å²) in [4.78, 5) is 27.0. The molecule has 1 fully saturated rings. The monoisotopic (exact) mass is 328 g/mol. The van der Waals surface area contributed by atoms with E-state index in [-0.39, 0.29) is 17.7 Å². The van der Waals surface area contributed by atoms with Crippen molar-refractivity contribution in [1.82, 2.24) is 20.1 Å². The molecule has 0 spiro atoms. The minimum absolute atomic E-state index is 0.0505. The maximum atomic E-state index is 12.1. The average molecular weight is 328 g/mol. The zero-order valence-electron chi connectivity index (χ0n) is 13.3. The molecule has 1 aromatic carbocycles. The van der Waals surface area contributed by atoms with Gasteiger partial charge in [0, 0.05) is 12.5 Å². The first-order valence-corrected chi connectivity index (χ1v) is 8.02. The number of aromatic nitrogens is 3. The van der Waals surface area contributed by atoms with Gasteiger partial charge in [-0.3, -0.25) is 9.59 Å². The molecule has 126 valence electrons. The number of nitrogens with one attached hydrogen (secondary N) is 1. The Hall–Kier alpha value is -2.70. The summed E-state index contributed by atoms with van der Waals surface area (Å²) in [6, 6.07) is 7.95. The van der Waals surface area contributed by atoms with Crippen molar-refractivity contribution in [2.75, 3.05) is 0 Å². The molecule has 0 bridgehead atoms. The molecule has 0 aliphatic heterocycles. The number of amides is 1. The van der Waals surface area contributed by atoms with Gasteiger partial charge in [0.2, 0.25) is 5.91 Å². The first-order chi connectivity index (χ1) is 11.6. The molecule has 1 aliphatic rings. The van der Waals surface area contributed by atoms with E-state index in [4.69, 9.17) is 5.11 Å². The van der Waals surface area contributed by atoms with Crippen molar-refractivity contribution in [2.45, 2.75) is 32.4 Å². The molecule has 7 nitrogen and oxygen atoms in total. The summed E-state index contributed by atoms with van der Waals surface area (Å²) in [5.41, 5.74) is 2.12. The van der Waals surface area contributed by atoms with Crippen molar-refractivity contribution in [3.63, 3.8) is 0 Å². The van der Waals surface area contributed by atoms with Gasteiger partial charge in [-0.05, 0) is 30.4 Å². The largest absolute Gasteiger partial charge is 0.481 e. The van der Waals surface area contributed by atoms with Crippen LogP contribution in [0.3, 0.4) is 0 Å². The molecule has 2 aromatic rings. The van der Waals surface area contributed by atoms with Gasteiger partial charge in [-0.2, -0.15) is 5.10 Å². The number of benzene rings is 1. The summed E-state index contributed by atoms with van der Waals surface area (Å²) < 4.78 is 1.75. The lowest BCUT2D eigenvalue weighted by Crippen LogP contribution is -2.29. The van der Waals surface area contributed by atoms with Gasteiger partial charge in [-0.25, -0.2) is 9.67 Å². The molecule has 1 aliphatic carbocycles. The summed E-state index contributed by atoms with van der Waals surface area (Å²) in [5, 5.41) is 16.0. The van der Waals surface area contributed by atoms with Gasteiger partial charge in [0.25, 0.3) is 0 Å². The van der Waals surface area contributed by atoms with E-state index in [1.54, 1.807) is 11.0 Å². The van der Waals surface area contributed by atoms with Crippen LogP contribution in [0.1, 0.15) is 30.4 Å². The summed E-state index contributed by atoms with van der Waals surface area (Å²) in [6.45, 7) is 1.11. The van der Waals surface area contributed by atoms with Crippen molar-refractivity contribution in [1.29, 1.82) is 0 Å². The predicted octanol–water partition coefficient (Wildman–Crippen LogP) is 1.44. The summed E-state index contributed by atoms with van der Waals surface area (Å²) in [6.07, 6.45) is 4.85. The Morgan fingerprint density at radius 1 is 1.17 bits per heavy atom. The van der Waals surface area contributed by atoms with Crippen LogP contribution in [0.25, 0.3) is 0 Å². The Labute approximate surface area is 139 Å². The van der Waals surface area contributed by atoms with Crippen LogP contribution in [0.15, 0.2) is 36.9 Å². The second-order valence-corrected chi connectivity index (χ2v) is 6.17. The molecule has 1 aromatic heterocycles. The summed E-state index contributed by atoms with van der Waals surface area (Å²) >= 11 is 0. The normalized spacial score (nSPS) is 20.0. The number of carbonyl (C=O) groups is 2. The van der Waals surface area contributed by atoms with Gasteiger partial charge in [0.05, 0.1) is 12.5 Å². The Bertz CT molecular complexity index is 697. The third kappa shape index (κ3) is 3.98. The number of nitrogens with zero attached hydrogens (tertiary/aromatic N) is 3. The number of carbonyl (C=O) groups excluding carboxylic acids is 1. The van der Waals surface area contributed by atoms with E-state index in [0.717, 1.165) is 11.1 Å². The fourth-order valence-electron chi connectivity index (χ4n) is 3.04. The molecule has 3 rings (SSSR count). The molecular weight excluding hydrogens is 308 g/mol. The highest BCUT2D eigenvalue weighted by Gasteiger charge is 2.33. The SMILES string of the molecule is O=C(O)[C@@H]1CC[C@H](C(=O)NCc2ccc(Cn3cncn3)cc2)C1. The Kier molecular flexibility index (Phi) is 4.88. The summed E-state index contributed by atoms with van der Waals surface area (Å²) in [7, 11) is 0.